The van der Waals surface area contributed by atoms with Crippen LogP contribution in [0.15, 0.2) is 40.2 Å². The molecule has 0 spiro atoms. The highest BCUT2D eigenvalue weighted by Crippen LogP contribution is 2.26. The summed E-state index contributed by atoms with van der Waals surface area (Å²) in [6, 6.07) is 6.90. The first kappa shape index (κ1) is 16.2. The van der Waals surface area contributed by atoms with E-state index in [9.17, 15) is 13.2 Å². The maximum Gasteiger partial charge on any atom is 0.227 e. The summed E-state index contributed by atoms with van der Waals surface area (Å²) in [4.78, 5) is 14.1. The van der Waals surface area contributed by atoms with Gasteiger partial charge in [-0.3, -0.25) is 4.79 Å². The number of sulfone groups is 1. The molecule has 1 atom stereocenters. The number of carbonyl (C=O) groups is 1. The number of carbonyl (C=O) groups excluding carboxylic acids is 1. The topological polar surface area (TPSA) is 54.5 Å². The zero-order chi connectivity index (χ0) is 15.6. The lowest BCUT2D eigenvalue weighted by Crippen LogP contribution is -2.41. The fourth-order valence-corrected chi connectivity index (χ4v) is 3.82. The molecule has 21 heavy (non-hydrogen) atoms. The second-order valence-electron chi connectivity index (χ2n) is 5.56. The van der Waals surface area contributed by atoms with Crippen LogP contribution in [0.3, 0.4) is 0 Å². The highest BCUT2D eigenvalue weighted by molar-refractivity contribution is 9.10. The van der Waals surface area contributed by atoms with E-state index in [4.69, 9.17) is 0 Å². The van der Waals surface area contributed by atoms with E-state index in [-0.39, 0.29) is 17.6 Å². The third-order valence-electron chi connectivity index (χ3n) is 3.20. The smallest absolute Gasteiger partial charge is 0.227 e. The van der Waals surface area contributed by atoms with E-state index in [0.717, 1.165) is 10.2 Å². The summed E-state index contributed by atoms with van der Waals surface area (Å²) in [6.07, 6.45) is 1.98. The molecule has 1 aromatic carbocycles. The van der Waals surface area contributed by atoms with Crippen molar-refractivity contribution in [3.8, 4) is 0 Å². The van der Waals surface area contributed by atoms with Gasteiger partial charge in [-0.2, -0.15) is 0 Å². The number of hydrogen-bond donors (Lipinski definition) is 0. The van der Waals surface area contributed by atoms with Crippen LogP contribution in [0, 0.1) is 5.92 Å². The summed E-state index contributed by atoms with van der Waals surface area (Å²) < 4.78 is 24.2. The number of halogens is 1. The van der Waals surface area contributed by atoms with Crippen LogP contribution in [0.4, 0.5) is 5.69 Å². The molecule has 0 saturated heterocycles. The van der Waals surface area contributed by atoms with Crippen LogP contribution in [0.5, 0.6) is 0 Å². The first-order valence-corrected chi connectivity index (χ1v) is 9.28. The van der Waals surface area contributed by atoms with Gasteiger partial charge in [-0.25, -0.2) is 8.42 Å². The molecule has 1 amide bonds. The number of anilines is 1. The standard InChI is InChI=1S/C15H18BrNO3S/c1-11(2)9-15(18)17(13-5-3-12(16)4-6-13)14-7-8-21(19,20)10-14/h3-8,11,14H,9-10H2,1-2H3/t14-/m1/s1. The van der Waals surface area contributed by atoms with E-state index in [0.29, 0.717) is 6.42 Å². The molecule has 1 aliphatic rings. The Morgan fingerprint density at radius 3 is 2.43 bits per heavy atom. The van der Waals surface area contributed by atoms with Crippen molar-refractivity contribution in [1.29, 1.82) is 0 Å². The van der Waals surface area contributed by atoms with Gasteiger partial charge in [0.1, 0.15) is 0 Å². The van der Waals surface area contributed by atoms with Crippen LogP contribution in [0.1, 0.15) is 20.3 Å². The van der Waals surface area contributed by atoms with E-state index in [2.05, 4.69) is 15.9 Å². The highest BCUT2D eigenvalue weighted by Gasteiger charge is 2.31. The van der Waals surface area contributed by atoms with E-state index in [1.165, 1.54) is 5.41 Å². The van der Waals surface area contributed by atoms with E-state index in [1.807, 2.05) is 38.1 Å². The van der Waals surface area contributed by atoms with Gasteiger partial charge >= 0.3 is 0 Å². The molecule has 0 saturated carbocycles. The molecule has 0 N–H and O–H groups in total. The summed E-state index contributed by atoms with van der Waals surface area (Å²) in [7, 11) is -3.20. The van der Waals surface area contributed by atoms with Crippen LogP contribution < -0.4 is 4.90 Å². The number of amides is 1. The van der Waals surface area contributed by atoms with Gasteiger partial charge in [-0.05, 0) is 36.3 Å². The Balaban J connectivity index is 2.33. The van der Waals surface area contributed by atoms with Gasteiger partial charge in [0.05, 0.1) is 11.8 Å². The Labute approximate surface area is 133 Å². The normalized spacial score (nSPS) is 19.9. The van der Waals surface area contributed by atoms with Crippen molar-refractivity contribution < 1.29 is 13.2 Å². The zero-order valence-corrected chi connectivity index (χ0v) is 14.4. The van der Waals surface area contributed by atoms with Gasteiger partial charge in [-0.15, -0.1) is 0 Å². The second kappa shape index (κ2) is 6.32. The van der Waals surface area contributed by atoms with Crippen LogP contribution in [-0.2, 0) is 14.6 Å². The lowest BCUT2D eigenvalue weighted by molar-refractivity contribution is -0.119. The summed E-state index contributed by atoms with van der Waals surface area (Å²) in [6.45, 7) is 3.94. The van der Waals surface area contributed by atoms with Gasteiger partial charge < -0.3 is 4.90 Å². The van der Waals surface area contributed by atoms with Crippen molar-refractivity contribution >= 4 is 37.4 Å². The molecule has 1 heterocycles. The molecule has 6 heteroatoms. The second-order valence-corrected chi connectivity index (χ2v) is 8.41. The predicted octanol–water partition coefficient (Wildman–Crippen LogP) is 3.14. The Kier molecular flexibility index (Phi) is 4.88. The molecule has 0 fully saturated rings. The molecule has 0 unspecified atom stereocenters. The molecule has 0 bridgehead atoms. The number of rotatable bonds is 4. The van der Waals surface area contributed by atoms with Crippen molar-refractivity contribution in [2.45, 2.75) is 26.3 Å². The minimum atomic E-state index is -3.20. The lowest BCUT2D eigenvalue weighted by Gasteiger charge is -2.28. The fraction of sp³-hybridized carbons (Fsp3) is 0.400. The Morgan fingerprint density at radius 1 is 1.33 bits per heavy atom. The molecule has 114 valence electrons. The first-order chi connectivity index (χ1) is 9.78. The number of hydrogen-bond acceptors (Lipinski definition) is 3. The average Bonchev–Trinajstić information content (AvgIpc) is 2.71. The third-order valence-corrected chi connectivity index (χ3v) is 5.11. The monoisotopic (exact) mass is 371 g/mol. The minimum absolute atomic E-state index is 0.0487. The fourth-order valence-electron chi connectivity index (χ4n) is 2.29. The van der Waals surface area contributed by atoms with Gasteiger partial charge in [-0.1, -0.05) is 29.8 Å². The molecular weight excluding hydrogens is 354 g/mol. The van der Waals surface area contributed by atoms with Gasteiger partial charge in [0.25, 0.3) is 0 Å². The minimum Gasteiger partial charge on any atom is -0.304 e. The number of nitrogens with zero attached hydrogens (tertiary/aromatic N) is 1. The van der Waals surface area contributed by atoms with Gasteiger partial charge in [0.15, 0.2) is 9.84 Å². The molecular formula is C15H18BrNO3S. The Bertz CT molecular complexity index is 650. The zero-order valence-electron chi connectivity index (χ0n) is 12.0. The summed E-state index contributed by atoms with van der Waals surface area (Å²) in [5.41, 5.74) is 0.718. The Hall–Kier alpha value is -1.14. The molecule has 0 aromatic heterocycles. The highest BCUT2D eigenvalue weighted by atomic mass is 79.9. The molecule has 1 aromatic rings. The Morgan fingerprint density at radius 2 is 1.95 bits per heavy atom. The third kappa shape index (κ3) is 4.17. The predicted molar refractivity (Wildman–Crippen MR) is 87.8 cm³/mol. The van der Waals surface area contributed by atoms with Crippen LogP contribution in [-0.4, -0.2) is 26.1 Å². The van der Waals surface area contributed by atoms with E-state index in [1.54, 1.807) is 11.0 Å². The number of benzene rings is 1. The van der Waals surface area contributed by atoms with Gasteiger partial charge in [0, 0.05) is 22.0 Å². The average molecular weight is 372 g/mol. The largest absolute Gasteiger partial charge is 0.304 e. The van der Waals surface area contributed by atoms with E-state index < -0.39 is 15.9 Å². The first-order valence-electron chi connectivity index (χ1n) is 6.77. The van der Waals surface area contributed by atoms with Crippen molar-refractivity contribution in [2.24, 2.45) is 5.92 Å². The quantitative estimate of drug-likeness (QED) is 0.816. The lowest BCUT2D eigenvalue weighted by atomic mass is 10.1. The summed E-state index contributed by atoms with van der Waals surface area (Å²) in [5, 5.41) is 1.20. The summed E-state index contributed by atoms with van der Waals surface area (Å²) in [5.74, 6) is 0.115. The molecule has 0 aliphatic carbocycles. The van der Waals surface area contributed by atoms with Gasteiger partial charge in [0.2, 0.25) is 5.91 Å². The molecule has 0 radical (unpaired) electrons. The van der Waals surface area contributed by atoms with Crippen molar-refractivity contribution in [3.05, 3.63) is 40.2 Å². The van der Waals surface area contributed by atoms with Crippen molar-refractivity contribution in [1.82, 2.24) is 0 Å². The van der Waals surface area contributed by atoms with Crippen LogP contribution in [0.2, 0.25) is 0 Å². The maximum absolute atomic E-state index is 12.5. The maximum atomic E-state index is 12.5. The van der Waals surface area contributed by atoms with E-state index >= 15 is 0 Å². The molecule has 2 rings (SSSR count). The van der Waals surface area contributed by atoms with Crippen LogP contribution >= 0.6 is 15.9 Å². The molecule has 1 aliphatic heterocycles. The SMILES string of the molecule is CC(C)CC(=O)N(c1ccc(Br)cc1)[C@@H]1C=CS(=O)(=O)C1. The summed E-state index contributed by atoms with van der Waals surface area (Å²) >= 11 is 3.36. The van der Waals surface area contributed by atoms with Crippen molar-refractivity contribution in [2.75, 3.05) is 10.7 Å². The van der Waals surface area contributed by atoms with Crippen LogP contribution in [0.25, 0.3) is 0 Å². The molecule has 4 nitrogen and oxygen atoms in total. The van der Waals surface area contributed by atoms with Crippen molar-refractivity contribution in [3.63, 3.8) is 0 Å².